The summed E-state index contributed by atoms with van der Waals surface area (Å²) in [6.07, 6.45) is 7.44. The predicted octanol–water partition coefficient (Wildman–Crippen LogP) is 1.40. The zero-order chi connectivity index (χ0) is 11.8. The van der Waals surface area contributed by atoms with E-state index in [-0.39, 0.29) is 5.78 Å². The van der Waals surface area contributed by atoms with Gasteiger partial charge in [-0.15, -0.1) is 0 Å². The largest absolute Gasteiger partial charge is 0.331 e. The second kappa shape index (κ2) is 3.76. The number of nitrogens with zero attached hydrogens (tertiary/aromatic N) is 4. The topological polar surface area (TPSA) is 60.7 Å². The first kappa shape index (κ1) is 10.1. The van der Waals surface area contributed by atoms with E-state index in [1.54, 1.807) is 18.7 Å². The summed E-state index contributed by atoms with van der Waals surface area (Å²) in [7, 11) is 1.90. The second-order valence-corrected chi connectivity index (χ2v) is 4.22. The number of carbonyl (C=O) groups excluding carboxylic acids is 1. The molecule has 0 saturated carbocycles. The van der Waals surface area contributed by atoms with Crippen molar-refractivity contribution in [2.75, 3.05) is 0 Å². The van der Waals surface area contributed by atoms with Crippen LogP contribution >= 0.6 is 0 Å². The van der Waals surface area contributed by atoms with Crippen LogP contribution in [0.1, 0.15) is 28.9 Å². The van der Waals surface area contributed by atoms with Gasteiger partial charge >= 0.3 is 0 Å². The maximum atomic E-state index is 11.7. The molecule has 0 radical (unpaired) electrons. The Labute approximate surface area is 98.5 Å². The Balaban J connectivity index is 2.10. The molecule has 2 heterocycles. The molecule has 3 rings (SSSR count). The van der Waals surface area contributed by atoms with Crippen molar-refractivity contribution < 1.29 is 4.79 Å². The molecule has 2 aromatic rings. The van der Waals surface area contributed by atoms with Gasteiger partial charge in [0.2, 0.25) is 0 Å². The average Bonchev–Trinajstić information content (AvgIpc) is 2.75. The summed E-state index contributed by atoms with van der Waals surface area (Å²) in [5.74, 6) is 0.793. The Morgan fingerprint density at radius 3 is 2.94 bits per heavy atom. The van der Waals surface area contributed by atoms with E-state index in [0.29, 0.717) is 17.8 Å². The third-order valence-electron chi connectivity index (χ3n) is 3.03. The molecular weight excluding hydrogens is 216 g/mol. The molecule has 0 aromatic carbocycles. The van der Waals surface area contributed by atoms with Crippen LogP contribution in [0.25, 0.3) is 11.5 Å². The Hall–Kier alpha value is -2.04. The highest BCUT2D eigenvalue weighted by molar-refractivity contribution is 5.97. The van der Waals surface area contributed by atoms with Crippen molar-refractivity contribution in [1.82, 2.24) is 19.5 Å². The molecule has 0 spiro atoms. The first-order valence-corrected chi connectivity index (χ1v) is 5.61. The summed E-state index contributed by atoms with van der Waals surface area (Å²) < 4.78 is 1.87. The number of aryl methyl sites for hydroxylation is 2. The van der Waals surface area contributed by atoms with Crippen LogP contribution in [-0.2, 0) is 13.5 Å². The Morgan fingerprint density at radius 1 is 1.29 bits per heavy atom. The van der Waals surface area contributed by atoms with Gasteiger partial charge in [-0.25, -0.2) is 15.0 Å². The summed E-state index contributed by atoms with van der Waals surface area (Å²) in [4.78, 5) is 24.4. The Kier molecular flexibility index (Phi) is 2.24. The van der Waals surface area contributed by atoms with Gasteiger partial charge in [0.05, 0.1) is 23.8 Å². The lowest BCUT2D eigenvalue weighted by molar-refractivity contribution is 0.0971. The van der Waals surface area contributed by atoms with Crippen LogP contribution in [-0.4, -0.2) is 25.3 Å². The number of Topliss-reactive ketones (excluding diaryl/α,β-unsaturated/α-hetero) is 1. The molecule has 0 atom stereocenters. The normalized spacial score (nSPS) is 14.8. The summed E-state index contributed by atoms with van der Waals surface area (Å²) in [5.41, 5.74) is 2.42. The first-order valence-electron chi connectivity index (χ1n) is 5.61. The van der Waals surface area contributed by atoms with Crippen LogP contribution < -0.4 is 0 Å². The minimum absolute atomic E-state index is 0.155. The molecule has 5 nitrogen and oxygen atoms in total. The fraction of sp³-hybridized carbons (Fsp3) is 0.333. The average molecular weight is 228 g/mol. The van der Waals surface area contributed by atoms with E-state index in [2.05, 4.69) is 15.0 Å². The smallest absolute Gasteiger partial charge is 0.178 e. The van der Waals surface area contributed by atoms with E-state index >= 15 is 0 Å². The van der Waals surface area contributed by atoms with E-state index in [0.717, 1.165) is 24.2 Å². The number of imidazole rings is 1. The number of hydrogen-bond donors (Lipinski definition) is 0. The quantitative estimate of drug-likeness (QED) is 0.740. The van der Waals surface area contributed by atoms with Crippen LogP contribution in [0.4, 0.5) is 0 Å². The molecule has 0 N–H and O–H groups in total. The number of fused-ring (bicyclic) bond motifs is 1. The molecule has 0 unspecified atom stereocenters. The fourth-order valence-electron chi connectivity index (χ4n) is 2.09. The number of rotatable bonds is 1. The van der Waals surface area contributed by atoms with Gasteiger partial charge in [0, 0.05) is 19.7 Å². The molecule has 86 valence electrons. The lowest BCUT2D eigenvalue weighted by atomic mass is 9.96. The van der Waals surface area contributed by atoms with Crippen LogP contribution in [0.2, 0.25) is 0 Å². The lowest BCUT2D eigenvalue weighted by Gasteiger charge is -2.13. The van der Waals surface area contributed by atoms with Crippen LogP contribution in [0, 0.1) is 0 Å². The van der Waals surface area contributed by atoms with Gasteiger partial charge in [0.1, 0.15) is 5.69 Å². The molecule has 0 amide bonds. The van der Waals surface area contributed by atoms with Gasteiger partial charge in [-0.1, -0.05) is 0 Å². The summed E-state index contributed by atoms with van der Waals surface area (Å²) in [6, 6.07) is 0. The highest BCUT2D eigenvalue weighted by atomic mass is 16.1. The van der Waals surface area contributed by atoms with Crippen molar-refractivity contribution in [2.24, 2.45) is 7.05 Å². The van der Waals surface area contributed by atoms with Gasteiger partial charge < -0.3 is 4.57 Å². The fourth-order valence-corrected chi connectivity index (χ4v) is 2.09. The van der Waals surface area contributed by atoms with Gasteiger partial charge in [0.15, 0.2) is 11.6 Å². The SMILES string of the molecule is Cn1cncc1-c1ncc2c(n1)CCCC2=O. The number of carbonyl (C=O) groups is 1. The van der Waals surface area contributed by atoms with Crippen LogP contribution in [0.3, 0.4) is 0 Å². The Bertz CT molecular complexity index is 588. The lowest BCUT2D eigenvalue weighted by Crippen LogP contribution is -2.14. The minimum Gasteiger partial charge on any atom is -0.331 e. The Morgan fingerprint density at radius 2 is 2.18 bits per heavy atom. The monoisotopic (exact) mass is 228 g/mol. The summed E-state index contributed by atoms with van der Waals surface area (Å²) in [5, 5.41) is 0. The summed E-state index contributed by atoms with van der Waals surface area (Å²) >= 11 is 0. The van der Waals surface area contributed by atoms with Crippen molar-refractivity contribution in [3.63, 3.8) is 0 Å². The molecular formula is C12H12N4O. The van der Waals surface area contributed by atoms with E-state index < -0.39 is 0 Å². The van der Waals surface area contributed by atoms with Crippen molar-refractivity contribution >= 4 is 5.78 Å². The molecule has 0 fully saturated rings. The number of hydrogen-bond acceptors (Lipinski definition) is 4. The number of aromatic nitrogens is 4. The minimum atomic E-state index is 0.155. The highest BCUT2D eigenvalue weighted by Gasteiger charge is 2.20. The zero-order valence-electron chi connectivity index (χ0n) is 9.55. The molecule has 1 aliphatic rings. The van der Waals surface area contributed by atoms with E-state index in [1.165, 1.54) is 0 Å². The molecule has 5 heteroatoms. The van der Waals surface area contributed by atoms with E-state index in [4.69, 9.17) is 0 Å². The third-order valence-corrected chi connectivity index (χ3v) is 3.03. The first-order chi connectivity index (χ1) is 8.25. The highest BCUT2D eigenvalue weighted by Crippen LogP contribution is 2.21. The predicted molar refractivity (Wildman–Crippen MR) is 61.5 cm³/mol. The van der Waals surface area contributed by atoms with E-state index in [9.17, 15) is 4.79 Å². The van der Waals surface area contributed by atoms with E-state index in [1.807, 2.05) is 11.6 Å². The summed E-state index contributed by atoms with van der Waals surface area (Å²) in [6.45, 7) is 0. The van der Waals surface area contributed by atoms with Crippen molar-refractivity contribution in [2.45, 2.75) is 19.3 Å². The molecule has 1 aliphatic carbocycles. The molecule has 0 bridgehead atoms. The number of ketones is 1. The molecule has 0 saturated heterocycles. The second-order valence-electron chi connectivity index (χ2n) is 4.22. The standard InChI is InChI=1S/C12H12N4O/c1-16-7-13-6-10(16)12-14-5-8-9(15-12)3-2-4-11(8)17/h5-7H,2-4H2,1H3. The van der Waals surface area contributed by atoms with Crippen LogP contribution in [0.5, 0.6) is 0 Å². The van der Waals surface area contributed by atoms with Crippen LogP contribution in [0.15, 0.2) is 18.7 Å². The van der Waals surface area contributed by atoms with Gasteiger partial charge in [-0.05, 0) is 12.8 Å². The molecule has 17 heavy (non-hydrogen) atoms. The maximum Gasteiger partial charge on any atom is 0.178 e. The third kappa shape index (κ3) is 1.63. The maximum absolute atomic E-state index is 11.7. The van der Waals surface area contributed by atoms with Crippen molar-refractivity contribution in [1.29, 1.82) is 0 Å². The van der Waals surface area contributed by atoms with Gasteiger partial charge in [-0.2, -0.15) is 0 Å². The molecule has 2 aromatic heterocycles. The molecule has 0 aliphatic heterocycles. The van der Waals surface area contributed by atoms with Crippen molar-refractivity contribution in [3.05, 3.63) is 30.0 Å². The van der Waals surface area contributed by atoms with Gasteiger partial charge in [-0.3, -0.25) is 4.79 Å². The van der Waals surface area contributed by atoms with Gasteiger partial charge in [0.25, 0.3) is 0 Å². The van der Waals surface area contributed by atoms with Crippen molar-refractivity contribution in [3.8, 4) is 11.5 Å². The zero-order valence-corrected chi connectivity index (χ0v) is 9.55.